The summed E-state index contributed by atoms with van der Waals surface area (Å²) in [4.78, 5) is 0.296. The minimum atomic E-state index is -3.64. The number of ether oxygens (including phenoxy) is 2. The van der Waals surface area contributed by atoms with Gasteiger partial charge in [-0.3, -0.25) is 0 Å². The summed E-state index contributed by atoms with van der Waals surface area (Å²) in [6.45, 7) is 7.99. The molecule has 0 bridgehead atoms. The molecular formula is C22H31NO5S. The zero-order valence-electron chi connectivity index (χ0n) is 17.5. The van der Waals surface area contributed by atoms with Gasteiger partial charge < -0.3 is 14.6 Å². The molecule has 0 amide bonds. The fraction of sp³-hybridized carbons (Fsp3) is 0.636. The fourth-order valence-corrected chi connectivity index (χ4v) is 6.14. The summed E-state index contributed by atoms with van der Waals surface area (Å²) in [5, 5.41) is 10.2. The van der Waals surface area contributed by atoms with Crippen molar-refractivity contribution in [1.82, 2.24) is 4.31 Å². The Hall–Kier alpha value is -1.25. The van der Waals surface area contributed by atoms with Gasteiger partial charge in [0.2, 0.25) is 10.0 Å². The predicted octanol–water partition coefficient (Wildman–Crippen LogP) is 2.82. The summed E-state index contributed by atoms with van der Waals surface area (Å²) < 4.78 is 39.8. The third-order valence-corrected chi connectivity index (χ3v) is 8.45. The number of aliphatic hydroxyl groups is 1. The van der Waals surface area contributed by atoms with E-state index in [-0.39, 0.29) is 18.6 Å². The average molecular weight is 422 g/mol. The quantitative estimate of drug-likeness (QED) is 0.760. The number of fused-ring (bicyclic) bond motifs is 1. The summed E-state index contributed by atoms with van der Waals surface area (Å²) in [7, 11) is -3.64. The van der Waals surface area contributed by atoms with E-state index < -0.39 is 21.2 Å². The Morgan fingerprint density at radius 3 is 2.34 bits per heavy atom. The molecule has 1 N–H and O–H groups in total. The van der Waals surface area contributed by atoms with E-state index in [1.807, 2.05) is 18.2 Å². The number of nitrogens with zero attached hydrogens (tertiary/aromatic N) is 1. The highest BCUT2D eigenvalue weighted by Crippen LogP contribution is 2.50. The Bertz CT molecular complexity index is 894. The zero-order valence-corrected chi connectivity index (χ0v) is 18.3. The van der Waals surface area contributed by atoms with Gasteiger partial charge in [-0.1, -0.05) is 44.6 Å². The highest BCUT2D eigenvalue weighted by molar-refractivity contribution is 7.89. The second-order valence-electron chi connectivity index (χ2n) is 9.52. The molecule has 0 aromatic heterocycles. The maximum atomic E-state index is 13.3. The first kappa shape index (κ1) is 21.0. The van der Waals surface area contributed by atoms with Crippen molar-refractivity contribution >= 4 is 10.0 Å². The monoisotopic (exact) mass is 421 g/mol. The molecule has 2 heterocycles. The smallest absolute Gasteiger partial charge is 0.243 e. The molecule has 3 aliphatic rings. The first-order valence-electron chi connectivity index (χ1n) is 10.3. The summed E-state index contributed by atoms with van der Waals surface area (Å²) in [6.07, 6.45) is 3.86. The number of benzene rings is 1. The minimum Gasteiger partial charge on any atom is -0.395 e. The van der Waals surface area contributed by atoms with Gasteiger partial charge in [-0.15, -0.1) is 0 Å². The van der Waals surface area contributed by atoms with Crippen LogP contribution in [0.5, 0.6) is 0 Å². The highest BCUT2D eigenvalue weighted by atomic mass is 32.2. The zero-order chi connectivity index (χ0) is 20.9. The third kappa shape index (κ3) is 3.68. The minimum absolute atomic E-state index is 0.0333. The topological polar surface area (TPSA) is 76.1 Å². The Morgan fingerprint density at radius 2 is 1.76 bits per heavy atom. The van der Waals surface area contributed by atoms with Crippen LogP contribution in [-0.4, -0.2) is 56.5 Å². The van der Waals surface area contributed by atoms with Crippen molar-refractivity contribution in [2.45, 2.75) is 56.1 Å². The Labute approximate surface area is 173 Å². The van der Waals surface area contributed by atoms with Gasteiger partial charge in [-0.25, -0.2) is 8.42 Å². The largest absolute Gasteiger partial charge is 0.395 e. The summed E-state index contributed by atoms with van der Waals surface area (Å²) in [5.41, 5.74) is 1.56. The van der Waals surface area contributed by atoms with Gasteiger partial charge >= 0.3 is 0 Å². The molecule has 1 spiro atoms. The SMILES string of the molecule is CC(C)(C)c1ccc(S(=O)(=O)N2CC=C3CC4(CCC3(CO)C2)OCCO4)cc1. The molecule has 2 fully saturated rings. The fourth-order valence-electron chi connectivity index (χ4n) is 4.67. The van der Waals surface area contributed by atoms with Gasteiger partial charge in [0.05, 0.1) is 24.7 Å². The van der Waals surface area contributed by atoms with E-state index in [1.165, 1.54) is 4.31 Å². The molecule has 7 heteroatoms. The van der Waals surface area contributed by atoms with Crippen molar-refractivity contribution in [3.05, 3.63) is 41.5 Å². The molecule has 1 atom stereocenters. The highest BCUT2D eigenvalue weighted by Gasteiger charge is 2.51. The molecule has 0 radical (unpaired) electrons. The molecule has 4 rings (SSSR count). The molecule has 29 heavy (non-hydrogen) atoms. The Morgan fingerprint density at radius 1 is 1.10 bits per heavy atom. The van der Waals surface area contributed by atoms with Gasteiger partial charge in [0.25, 0.3) is 0 Å². The normalized spacial score (nSPS) is 27.7. The number of aliphatic hydroxyl groups excluding tert-OH is 1. The lowest BCUT2D eigenvalue weighted by Crippen LogP contribution is -2.52. The van der Waals surface area contributed by atoms with Crippen molar-refractivity contribution in [3.8, 4) is 0 Å². The van der Waals surface area contributed by atoms with E-state index in [1.54, 1.807) is 12.1 Å². The number of sulfonamides is 1. The van der Waals surface area contributed by atoms with Gasteiger partial charge in [0.15, 0.2) is 5.79 Å². The standard InChI is InChI=1S/C22H31NO5S/c1-20(2,3)17-4-6-19(7-5-17)29(25,26)23-11-8-18-14-22(27-12-13-28-22)10-9-21(18,15-23)16-24/h4-8,24H,9-16H2,1-3H3. The van der Waals surface area contributed by atoms with Crippen LogP contribution in [-0.2, 0) is 24.9 Å². The van der Waals surface area contributed by atoms with Crippen LogP contribution in [0.1, 0.15) is 45.6 Å². The number of hydrogen-bond donors (Lipinski definition) is 1. The van der Waals surface area contributed by atoms with Crippen molar-refractivity contribution < 1.29 is 23.0 Å². The number of hydrogen-bond acceptors (Lipinski definition) is 5. The Balaban J connectivity index is 1.59. The van der Waals surface area contributed by atoms with Crippen LogP contribution in [0.15, 0.2) is 40.8 Å². The lowest BCUT2D eigenvalue weighted by atomic mass is 9.67. The van der Waals surface area contributed by atoms with Crippen molar-refractivity contribution in [3.63, 3.8) is 0 Å². The second-order valence-corrected chi connectivity index (χ2v) is 11.5. The van der Waals surface area contributed by atoms with Gasteiger partial charge in [-0.05, 0) is 29.5 Å². The first-order valence-corrected chi connectivity index (χ1v) is 11.7. The van der Waals surface area contributed by atoms with Crippen LogP contribution >= 0.6 is 0 Å². The van der Waals surface area contributed by atoms with Crippen molar-refractivity contribution in [1.29, 1.82) is 0 Å². The van der Waals surface area contributed by atoms with Crippen LogP contribution in [0.4, 0.5) is 0 Å². The van der Waals surface area contributed by atoms with Crippen molar-refractivity contribution in [2.24, 2.45) is 5.41 Å². The molecule has 1 aliphatic carbocycles. The lowest BCUT2D eigenvalue weighted by molar-refractivity contribution is -0.180. The van der Waals surface area contributed by atoms with Crippen LogP contribution < -0.4 is 0 Å². The second kappa shape index (κ2) is 7.17. The summed E-state index contributed by atoms with van der Waals surface area (Å²) >= 11 is 0. The van der Waals surface area contributed by atoms with E-state index in [0.29, 0.717) is 43.9 Å². The lowest BCUT2D eigenvalue weighted by Gasteiger charge is -2.48. The Kier molecular flexibility index (Phi) is 5.19. The van der Waals surface area contributed by atoms with Crippen LogP contribution in [0.25, 0.3) is 0 Å². The van der Waals surface area contributed by atoms with Gasteiger partial charge in [0, 0.05) is 31.3 Å². The molecule has 1 aromatic carbocycles. The van der Waals surface area contributed by atoms with E-state index >= 15 is 0 Å². The maximum Gasteiger partial charge on any atom is 0.243 e. The van der Waals surface area contributed by atoms with Crippen LogP contribution in [0.2, 0.25) is 0 Å². The molecule has 2 aliphatic heterocycles. The van der Waals surface area contributed by atoms with E-state index in [4.69, 9.17) is 9.47 Å². The van der Waals surface area contributed by atoms with E-state index in [9.17, 15) is 13.5 Å². The first-order chi connectivity index (χ1) is 13.6. The van der Waals surface area contributed by atoms with E-state index in [0.717, 1.165) is 11.1 Å². The summed E-state index contributed by atoms with van der Waals surface area (Å²) in [5.74, 6) is -0.589. The molecule has 1 unspecified atom stereocenters. The summed E-state index contributed by atoms with van der Waals surface area (Å²) in [6, 6.07) is 7.16. The van der Waals surface area contributed by atoms with Gasteiger partial charge in [0.1, 0.15) is 0 Å². The molecule has 160 valence electrons. The van der Waals surface area contributed by atoms with Crippen LogP contribution in [0, 0.1) is 5.41 Å². The molecule has 6 nitrogen and oxygen atoms in total. The van der Waals surface area contributed by atoms with E-state index in [2.05, 4.69) is 20.8 Å². The van der Waals surface area contributed by atoms with Crippen molar-refractivity contribution in [2.75, 3.05) is 32.9 Å². The molecule has 1 saturated heterocycles. The predicted molar refractivity (Wildman–Crippen MR) is 110 cm³/mol. The molecular weight excluding hydrogens is 390 g/mol. The van der Waals surface area contributed by atoms with Gasteiger partial charge in [-0.2, -0.15) is 4.31 Å². The molecule has 1 saturated carbocycles. The average Bonchev–Trinajstić information content (AvgIpc) is 3.15. The number of rotatable bonds is 3. The maximum absolute atomic E-state index is 13.3. The van der Waals surface area contributed by atoms with Crippen LogP contribution in [0.3, 0.4) is 0 Å². The molecule has 1 aromatic rings. The third-order valence-electron chi connectivity index (χ3n) is 6.62.